The number of ether oxygens (including phenoxy) is 1. The summed E-state index contributed by atoms with van der Waals surface area (Å²) in [5.74, 6) is -1.22. The van der Waals surface area contributed by atoms with Crippen molar-refractivity contribution in [2.24, 2.45) is 5.92 Å². The minimum Gasteiger partial charge on any atom is -0.489 e. The molecule has 5 heteroatoms. The van der Waals surface area contributed by atoms with E-state index in [0.717, 1.165) is 25.7 Å². The van der Waals surface area contributed by atoms with E-state index in [9.17, 15) is 17.6 Å². The van der Waals surface area contributed by atoms with Gasteiger partial charge in [0.25, 0.3) is 0 Å². The van der Waals surface area contributed by atoms with Crippen molar-refractivity contribution in [3.8, 4) is 5.75 Å². The summed E-state index contributed by atoms with van der Waals surface area (Å²) >= 11 is 0. The summed E-state index contributed by atoms with van der Waals surface area (Å²) in [7, 11) is 0. The van der Waals surface area contributed by atoms with Crippen LogP contribution in [0.2, 0.25) is 0 Å². The minimum absolute atomic E-state index is 0.117. The Bertz CT molecular complexity index is 987. The van der Waals surface area contributed by atoms with Gasteiger partial charge in [-0.1, -0.05) is 55.7 Å². The molecule has 2 aromatic carbocycles. The van der Waals surface area contributed by atoms with Gasteiger partial charge in [0.2, 0.25) is 0 Å². The lowest BCUT2D eigenvalue weighted by Crippen LogP contribution is -2.28. The van der Waals surface area contributed by atoms with Gasteiger partial charge < -0.3 is 4.74 Å². The van der Waals surface area contributed by atoms with Gasteiger partial charge in [-0.2, -0.15) is 0 Å². The van der Waals surface area contributed by atoms with Crippen molar-refractivity contribution in [1.29, 1.82) is 0 Å². The fraction of sp³-hybridized carbons (Fsp3) is 0.385. The van der Waals surface area contributed by atoms with E-state index >= 15 is 0 Å². The fourth-order valence-electron chi connectivity index (χ4n) is 4.45. The Kier molecular flexibility index (Phi) is 6.49. The molecule has 0 amide bonds. The van der Waals surface area contributed by atoms with Gasteiger partial charge in [0.05, 0.1) is 0 Å². The molecule has 0 aromatic heterocycles. The van der Waals surface area contributed by atoms with E-state index in [0.29, 0.717) is 22.5 Å². The normalized spacial score (nSPS) is 22.1. The molecule has 0 aliphatic heterocycles. The lowest BCUT2D eigenvalue weighted by molar-refractivity contribution is 0.217. The van der Waals surface area contributed by atoms with E-state index in [1.807, 2.05) is 0 Å². The van der Waals surface area contributed by atoms with Crippen LogP contribution in [0.1, 0.15) is 48.8 Å². The molecule has 1 saturated carbocycles. The summed E-state index contributed by atoms with van der Waals surface area (Å²) in [6, 6.07) is 9.55. The molecule has 0 bridgehead atoms. The summed E-state index contributed by atoms with van der Waals surface area (Å²) in [4.78, 5) is 0. The molecule has 0 N–H and O–H groups in total. The Morgan fingerprint density at radius 2 is 1.55 bits per heavy atom. The number of alkyl halides is 2. The van der Waals surface area contributed by atoms with Crippen molar-refractivity contribution in [2.45, 2.75) is 58.0 Å². The van der Waals surface area contributed by atoms with E-state index in [1.54, 1.807) is 36.4 Å². The molecule has 0 spiro atoms. The second-order valence-corrected chi connectivity index (χ2v) is 8.41. The van der Waals surface area contributed by atoms with Crippen LogP contribution in [-0.4, -0.2) is 12.3 Å². The van der Waals surface area contributed by atoms with Gasteiger partial charge >= 0.3 is 0 Å². The predicted octanol–water partition coefficient (Wildman–Crippen LogP) is 7.43. The Balaban J connectivity index is 1.46. The van der Waals surface area contributed by atoms with Crippen LogP contribution in [0.3, 0.4) is 0 Å². The van der Waals surface area contributed by atoms with Gasteiger partial charge in [-0.25, -0.2) is 17.6 Å². The van der Waals surface area contributed by atoms with E-state index in [2.05, 4.69) is 0 Å². The standard InChI is InChI=1S/C26H26F4O/c1-16-7-8-19(24(28)23(16)27)15-31-20-11-9-18(10-12-20)22-14-13-21(25(29)26(22)30)17-5-3-2-4-6-17/h7-14,17,25-26H,2-6,15H2,1H3. The van der Waals surface area contributed by atoms with Crippen LogP contribution in [0.4, 0.5) is 17.6 Å². The highest BCUT2D eigenvalue weighted by Gasteiger charge is 2.35. The first-order chi connectivity index (χ1) is 15.0. The molecule has 2 atom stereocenters. The quantitative estimate of drug-likeness (QED) is 0.448. The smallest absolute Gasteiger partial charge is 0.165 e. The lowest BCUT2D eigenvalue weighted by atomic mass is 9.78. The van der Waals surface area contributed by atoms with Crippen LogP contribution in [0, 0.1) is 24.5 Å². The van der Waals surface area contributed by atoms with Crippen molar-refractivity contribution in [3.05, 3.63) is 82.4 Å². The summed E-state index contributed by atoms with van der Waals surface area (Å²) in [5, 5.41) is 0. The van der Waals surface area contributed by atoms with Crippen LogP contribution in [-0.2, 0) is 6.61 Å². The van der Waals surface area contributed by atoms with Gasteiger partial charge in [-0.3, -0.25) is 0 Å². The van der Waals surface area contributed by atoms with Crippen LogP contribution >= 0.6 is 0 Å². The maximum Gasteiger partial charge on any atom is 0.165 e. The van der Waals surface area contributed by atoms with Crippen molar-refractivity contribution >= 4 is 5.57 Å². The fourth-order valence-corrected chi connectivity index (χ4v) is 4.45. The summed E-state index contributed by atoms with van der Waals surface area (Å²) < 4.78 is 63.0. The summed E-state index contributed by atoms with van der Waals surface area (Å²) in [6.45, 7) is 1.37. The molecule has 1 nitrogen and oxygen atoms in total. The molecule has 0 heterocycles. The van der Waals surface area contributed by atoms with Gasteiger partial charge in [-0.05, 0) is 60.1 Å². The predicted molar refractivity (Wildman–Crippen MR) is 114 cm³/mol. The number of hydrogen-bond donors (Lipinski definition) is 0. The summed E-state index contributed by atoms with van der Waals surface area (Å²) in [6.07, 6.45) is 5.30. The number of aryl methyl sites for hydroxylation is 1. The highest BCUT2D eigenvalue weighted by molar-refractivity contribution is 5.73. The van der Waals surface area contributed by atoms with Crippen molar-refractivity contribution in [2.75, 3.05) is 0 Å². The van der Waals surface area contributed by atoms with Crippen LogP contribution in [0.5, 0.6) is 5.75 Å². The number of halogens is 4. The molecule has 1 fully saturated rings. The molecule has 164 valence electrons. The first-order valence-electron chi connectivity index (χ1n) is 10.8. The number of benzene rings is 2. The van der Waals surface area contributed by atoms with Gasteiger partial charge in [-0.15, -0.1) is 0 Å². The molecule has 2 unspecified atom stereocenters. The van der Waals surface area contributed by atoms with E-state index in [-0.39, 0.29) is 23.7 Å². The number of hydrogen-bond acceptors (Lipinski definition) is 1. The van der Waals surface area contributed by atoms with Gasteiger partial charge in [0, 0.05) is 5.56 Å². The maximum atomic E-state index is 14.9. The van der Waals surface area contributed by atoms with E-state index < -0.39 is 24.0 Å². The van der Waals surface area contributed by atoms with Gasteiger partial charge in [0.1, 0.15) is 12.4 Å². The Morgan fingerprint density at radius 3 is 2.26 bits per heavy atom. The molecule has 0 radical (unpaired) electrons. The average molecular weight is 430 g/mol. The third-order valence-corrected chi connectivity index (χ3v) is 6.34. The van der Waals surface area contributed by atoms with Crippen LogP contribution < -0.4 is 4.74 Å². The number of allylic oxidation sites excluding steroid dienone is 4. The second kappa shape index (κ2) is 9.29. The molecule has 2 aliphatic rings. The van der Waals surface area contributed by atoms with Crippen molar-refractivity contribution in [1.82, 2.24) is 0 Å². The third kappa shape index (κ3) is 4.56. The Labute approximate surface area is 180 Å². The molecular formula is C26H26F4O. The SMILES string of the molecule is Cc1ccc(COc2ccc(C3=CC=C(C4CCCCC4)C(F)C3F)cc2)c(F)c1F. The van der Waals surface area contributed by atoms with Crippen molar-refractivity contribution < 1.29 is 22.3 Å². The highest BCUT2D eigenvalue weighted by atomic mass is 19.2. The molecule has 2 aromatic rings. The first-order valence-corrected chi connectivity index (χ1v) is 10.8. The lowest BCUT2D eigenvalue weighted by Gasteiger charge is -2.31. The average Bonchev–Trinajstić information content (AvgIpc) is 2.80. The number of rotatable bonds is 5. The second-order valence-electron chi connectivity index (χ2n) is 8.41. The zero-order chi connectivity index (χ0) is 22.0. The molecule has 0 saturated heterocycles. The molecule has 4 rings (SSSR count). The zero-order valence-electron chi connectivity index (χ0n) is 17.5. The largest absolute Gasteiger partial charge is 0.489 e. The summed E-state index contributed by atoms with van der Waals surface area (Å²) in [5.41, 5.74) is 1.83. The molecular weight excluding hydrogens is 404 g/mol. The third-order valence-electron chi connectivity index (χ3n) is 6.34. The van der Waals surface area contributed by atoms with E-state index in [4.69, 9.17) is 4.74 Å². The minimum atomic E-state index is -1.70. The Morgan fingerprint density at radius 1 is 0.839 bits per heavy atom. The first kappa shape index (κ1) is 21.7. The highest BCUT2D eigenvalue weighted by Crippen LogP contribution is 2.40. The Hall–Kier alpha value is -2.56. The molecule has 31 heavy (non-hydrogen) atoms. The van der Waals surface area contributed by atoms with Crippen molar-refractivity contribution in [3.63, 3.8) is 0 Å². The maximum absolute atomic E-state index is 14.9. The molecule has 2 aliphatic carbocycles. The zero-order valence-corrected chi connectivity index (χ0v) is 17.5. The van der Waals surface area contributed by atoms with Gasteiger partial charge in [0.15, 0.2) is 24.0 Å². The van der Waals surface area contributed by atoms with E-state index in [1.165, 1.54) is 25.5 Å². The van der Waals surface area contributed by atoms with Crippen LogP contribution in [0.25, 0.3) is 5.57 Å². The monoisotopic (exact) mass is 430 g/mol. The topological polar surface area (TPSA) is 9.23 Å². The van der Waals surface area contributed by atoms with Crippen LogP contribution in [0.15, 0.2) is 54.1 Å².